The van der Waals surface area contributed by atoms with Crippen LogP contribution in [0.25, 0.3) is 11.3 Å². The van der Waals surface area contributed by atoms with Crippen LogP contribution in [0.4, 0.5) is 16.4 Å². The number of nitrogens with one attached hydrogen (secondary N) is 3. The van der Waals surface area contributed by atoms with Crippen LogP contribution in [0.2, 0.25) is 0 Å². The zero-order valence-electron chi connectivity index (χ0n) is 25.9. The molecule has 1 fully saturated rings. The highest BCUT2D eigenvalue weighted by atomic mass is 16.2. The predicted octanol–water partition coefficient (Wildman–Crippen LogP) is 5.55. The molecule has 0 saturated carbocycles. The van der Waals surface area contributed by atoms with Crippen LogP contribution < -0.4 is 16.0 Å². The van der Waals surface area contributed by atoms with Gasteiger partial charge in [0.25, 0.3) is 0 Å². The third-order valence-electron chi connectivity index (χ3n) is 8.76. The van der Waals surface area contributed by atoms with Gasteiger partial charge in [0.05, 0.1) is 5.69 Å². The Labute approximate surface area is 260 Å². The molecule has 3 aromatic carbocycles. The number of piperazine rings is 1. The van der Waals surface area contributed by atoms with Crippen LogP contribution >= 0.6 is 0 Å². The summed E-state index contributed by atoms with van der Waals surface area (Å²) < 4.78 is 0. The minimum atomic E-state index is -0.191. The lowest BCUT2D eigenvalue weighted by molar-refractivity contribution is 0.154. The molecule has 228 valence electrons. The van der Waals surface area contributed by atoms with Gasteiger partial charge in [-0.3, -0.25) is 0 Å². The van der Waals surface area contributed by atoms with Gasteiger partial charge in [-0.15, -0.1) is 0 Å². The van der Waals surface area contributed by atoms with Crippen molar-refractivity contribution in [2.75, 3.05) is 63.5 Å². The van der Waals surface area contributed by atoms with Crippen LogP contribution in [-0.2, 0) is 12.8 Å². The number of hydrogen-bond donors (Lipinski definition) is 3. The first-order chi connectivity index (χ1) is 21.5. The molecule has 0 bridgehead atoms. The number of hydrogen-bond acceptors (Lipinski definition) is 6. The van der Waals surface area contributed by atoms with Gasteiger partial charge in [-0.05, 0) is 74.2 Å². The number of carbonyl (C=O) groups excluding carboxylic acids is 1. The Kier molecular flexibility index (Phi) is 9.48. The van der Waals surface area contributed by atoms with Crippen LogP contribution in [0.5, 0.6) is 0 Å². The monoisotopic (exact) mass is 589 g/mol. The average molecular weight is 590 g/mol. The van der Waals surface area contributed by atoms with Crippen molar-refractivity contribution in [1.29, 1.82) is 0 Å². The fraction of sp³-hybridized carbons (Fsp3) is 0.361. The van der Waals surface area contributed by atoms with Gasteiger partial charge in [0.1, 0.15) is 0 Å². The standard InChI is InChI=1S/C36H43N7O/c1-26-7-5-8-27(23-26)15-17-38-36(44)40-30-13-11-28(12-14-30)33-24-29-25-39-35(41-34(29)32-10-4-3-9-31(32)33)37-16-6-18-43-21-19-42(2)20-22-43/h3-5,7-14,23,25,33H,6,15-22,24H2,1-2H3,(H,37,39,41)(H2,38,40,44). The largest absolute Gasteiger partial charge is 0.354 e. The predicted molar refractivity (Wildman–Crippen MR) is 178 cm³/mol. The van der Waals surface area contributed by atoms with Crippen LogP contribution in [-0.4, -0.2) is 78.7 Å². The number of rotatable bonds is 10. The molecule has 2 aliphatic rings. The molecule has 2 amide bonds. The first kappa shape index (κ1) is 29.8. The fourth-order valence-electron chi connectivity index (χ4n) is 6.25. The second-order valence-electron chi connectivity index (χ2n) is 12.1. The van der Waals surface area contributed by atoms with Crippen molar-refractivity contribution in [3.8, 4) is 11.3 Å². The third kappa shape index (κ3) is 7.44. The van der Waals surface area contributed by atoms with Crippen molar-refractivity contribution < 1.29 is 4.79 Å². The summed E-state index contributed by atoms with van der Waals surface area (Å²) in [6, 6.07) is 25.0. The number of urea groups is 1. The van der Waals surface area contributed by atoms with E-state index in [9.17, 15) is 4.79 Å². The Morgan fingerprint density at radius 3 is 2.59 bits per heavy atom. The number of nitrogens with zero attached hydrogens (tertiary/aromatic N) is 4. The van der Waals surface area contributed by atoms with Gasteiger partial charge in [-0.1, -0.05) is 66.2 Å². The summed E-state index contributed by atoms with van der Waals surface area (Å²) in [5, 5.41) is 9.40. The van der Waals surface area contributed by atoms with Crippen LogP contribution in [0.15, 0.2) is 79.0 Å². The quantitative estimate of drug-likeness (QED) is 0.210. The number of fused-ring (bicyclic) bond motifs is 3. The van der Waals surface area contributed by atoms with Crippen molar-refractivity contribution in [3.63, 3.8) is 0 Å². The topological polar surface area (TPSA) is 85.4 Å². The number of aryl methyl sites for hydroxylation is 1. The zero-order chi connectivity index (χ0) is 30.3. The third-order valence-corrected chi connectivity index (χ3v) is 8.76. The number of likely N-dealkylation sites (N-methyl/N-ethyl adjacent to an activating group) is 1. The van der Waals surface area contributed by atoms with E-state index < -0.39 is 0 Å². The van der Waals surface area contributed by atoms with E-state index in [-0.39, 0.29) is 11.9 Å². The summed E-state index contributed by atoms with van der Waals surface area (Å²) >= 11 is 0. The maximum atomic E-state index is 12.5. The number of aromatic nitrogens is 2. The SMILES string of the molecule is Cc1cccc(CCNC(=O)Nc2ccc(C3Cc4cnc(NCCCN5CCN(C)CC5)nc4-c4ccccc43)cc2)c1. The summed E-state index contributed by atoms with van der Waals surface area (Å²) in [4.78, 5) is 27.1. The van der Waals surface area contributed by atoms with Crippen LogP contribution in [0, 0.1) is 6.92 Å². The summed E-state index contributed by atoms with van der Waals surface area (Å²) in [5.41, 5.74) is 9.05. The van der Waals surface area contributed by atoms with E-state index in [4.69, 9.17) is 4.98 Å². The van der Waals surface area contributed by atoms with Crippen molar-refractivity contribution in [3.05, 3.63) is 107 Å². The van der Waals surface area contributed by atoms with Gasteiger partial charge >= 0.3 is 6.03 Å². The lowest BCUT2D eigenvalue weighted by Crippen LogP contribution is -2.44. The average Bonchev–Trinajstić information content (AvgIpc) is 3.04. The second-order valence-corrected chi connectivity index (χ2v) is 12.1. The first-order valence-corrected chi connectivity index (χ1v) is 15.8. The van der Waals surface area contributed by atoms with E-state index >= 15 is 0 Å². The number of benzene rings is 3. The highest BCUT2D eigenvalue weighted by Gasteiger charge is 2.27. The normalized spacial score (nSPS) is 16.5. The summed E-state index contributed by atoms with van der Waals surface area (Å²) in [5.74, 6) is 0.893. The fourth-order valence-corrected chi connectivity index (χ4v) is 6.25. The molecule has 1 aromatic heterocycles. The van der Waals surface area contributed by atoms with Gasteiger partial charge < -0.3 is 25.8 Å². The van der Waals surface area contributed by atoms with Gasteiger partial charge in [0, 0.05) is 62.6 Å². The molecule has 0 radical (unpaired) electrons. The van der Waals surface area contributed by atoms with Gasteiger partial charge in [0.2, 0.25) is 5.95 Å². The smallest absolute Gasteiger partial charge is 0.319 e. The Morgan fingerprint density at radius 1 is 0.955 bits per heavy atom. The van der Waals surface area contributed by atoms with E-state index in [2.05, 4.69) is 105 Å². The lowest BCUT2D eigenvalue weighted by atomic mass is 9.78. The summed E-state index contributed by atoms with van der Waals surface area (Å²) in [7, 11) is 2.19. The van der Waals surface area contributed by atoms with Crippen molar-refractivity contribution in [2.45, 2.75) is 32.1 Å². The molecule has 4 aromatic rings. The number of carbonyl (C=O) groups is 1. The maximum absolute atomic E-state index is 12.5. The highest BCUT2D eigenvalue weighted by molar-refractivity contribution is 5.89. The summed E-state index contributed by atoms with van der Waals surface area (Å²) in [6.07, 6.45) is 4.70. The van der Waals surface area contributed by atoms with E-state index in [0.29, 0.717) is 12.5 Å². The van der Waals surface area contributed by atoms with Crippen molar-refractivity contribution in [1.82, 2.24) is 25.1 Å². The van der Waals surface area contributed by atoms with Crippen molar-refractivity contribution >= 4 is 17.7 Å². The Hall–Kier alpha value is -4.27. The van der Waals surface area contributed by atoms with Crippen LogP contribution in [0.1, 0.15) is 40.2 Å². The molecule has 0 spiro atoms. The molecule has 1 unspecified atom stereocenters. The molecule has 1 saturated heterocycles. The minimum absolute atomic E-state index is 0.191. The molecule has 1 atom stereocenters. The molecule has 2 heterocycles. The van der Waals surface area contributed by atoms with E-state index in [1.165, 1.54) is 22.3 Å². The van der Waals surface area contributed by atoms with Gasteiger partial charge in [-0.25, -0.2) is 14.8 Å². The van der Waals surface area contributed by atoms with E-state index in [0.717, 1.165) is 81.0 Å². The number of amides is 2. The molecule has 8 heteroatoms. The Bertz CT molecular complexity index is 1560. The molecule has 6 rings (SSSR count). The molecule has 1 aliphatic heterocycles. The maximum Gasteiger partial charge on any atom is 0.319 e. The first-order valence-electron chi connectivity index (χ1n) is 15.8. The molecule has 8 nitrogen and oxygen atoms in total. The van der Waals surface area contributed by atoms with Crippen molar-refractivity contribution in [2.24, 2.45) is 0 Å². The molecular formula is C36H43N7O. The minimum Gasteiger partial charge on any atom is -0.354 e. The van der Waals surface area contributed by atoms with Crippen LogP contribution in [0.3, 0.4) is 0 Å². The van der Waals surface area contributed by atoms with Gasteiger partial charge in [-0.2, -0.15) is 0 Å². The summed E-state index contributed by atoms with van der Waals surface area (Å²) in [6.45, 7) is 9.22. The molecular weight excluding hydrogens is 546 g/mol. The zero-order valence-corrected chi connectivity index (χ0v) is 25.9. The molecule has 3 N–H and O–H groups in total. The van der Waals surface area contributed by atoms with E-state index in [1.54, 1.807) is 0 Å². The highest BCUT2D eigenvalue weighted by Crippen LogP contribution is 2.42. The Balaban J connectivity index is 1.05. The Morgan fingerprint density at radius 2 is 1.77 bits per heavy atom. The van der Waals surface area contributed by atoms with Gasteiger partial charge in [0.15, 0.2) is 0 Å². The van der Waals surface area contributed by atoms with E-state index in [1.807, 2.05) is 18.3 Å². The second kappa shape index (κ2) is 14.0. The molecule has 44 heavy (non-hydrogen) atoms. The molecule has 1 aliphatic carbocycles. The lowest BCUT2D eigenvalue weighted by Gasteiger charge is -2.32. The number of anilines is 2.